The number of benzene rings is 1. The number of nitrogens with zero attached hydrogens (tertiary/aromatic N) is 3. The second-order valence-electron chi connectivity index (χ2n) is 5.09. The maximum Gasteiger partial charge on any atom is 0.258 e. The zero-order valence-corrected chi connectivity index (χ0v) is 14.3. The predicted molar refractivity (Wildman–Crippen MR) is 93.9 cm³/mol. The minimum absolute atomic E-state index is 0.187. The minimum atomic E-state index is -0.337. The molecule has 0 aliphatic rings. The molecule has 2 heterocycles. The fraction of sp³-hybridized carbons (Fsp3) is 0.125. The summed E-state index contributed by atoms with van der Waals surface area (Å²) in [6.07, 6.45) is 1.53. The smallest absolute Gasteiger partial charge is 0.258 e. The fourth-order valence-electron chi connectivity index (χ4n) is 2.09. The van der Waals surface area contributed by atoms with E-state index in [0.717, 1.165) is 10.6 Å². The normalized spacial score (nSPS) is 10.6. The number of hydrogen-bond acceptors (Lipinski definition) is 5. The highest BCUT2D eigenvalue weighted by atomic mass is 35.5. The summed E-state index contributed by atoms with van der Waals surface area (Å²) in [7, 11) is 0. The molecule has 3 aromatic rings. The highest BCUT2D eigenvalue weighted by Gasteiger charge is 2.11. The molecule has 2 aromatic heterocycles. The van der Waals surface area contributed by atoms with Crippen molar-refractivity contribution in [2.24, 2.45) is 0 Å². The third kappa shape index (κ3) is 3.87. The van der Waals surface area contributed by atoms with Crippen LogP contribution in [0.2, 0.25) is 5.02 Å². The number of carbonyl (C=O) groups excluding carboxylic acids is 1. The Morgan fingerprint density at radius 1 is 1.21 bits per heavy atom. The van der Waals surface area contributed by atoms with Crippen LogP contribution in [0.25, 0.3) is 0 Å². The third-order valence-electron chi connectivity index (χ3n) is 3.26. The van der Waals surface area contributed by atoms with Crippen LogP contribution in [0.3, 0.4) is 0 Å². The van der Waals surface area contributed by atoms with Crippen molar-refractivity contribution in [1.82, 2.24) is 14.8 Å². The Kier molecular flexibility index (Phi) is 4.73. The minimum Gasteiger partial charge on any atom is -0.310 e. The third-order valence-corrected chi connectivity index (χ3v) is 4.26. The van der Waals surface area contributed by atoms with E-state index in [4.69, 9.17) is 11.6 Å². The van der Waals surface area contributed by atoms with Gasteiger partial charge >= 0.3 is 0 Å². The van der Waals surface area contributed by atoms with E-state index in [1.54, 1.807) is 19.1 Å². The van der Waals surface area contributed by atoms with Gasteiger partial charge in [-0.15, -0.1) is 10.2 Å². The Labute approximate surface area is 146 Å². The standard InChI is InChI=1S/C16H13ClN4O2S/c1-10-19-20-16(24-10)18-15(23)12-4-7-14(22)21(9-12)8-11-2-5-13(17)6-3-11/h2-7,9H,8H2,1H3,(H,18,20,23). The van der Waals surface area contributed by atoms with Gasteiger partial charge in [-0.05, 0) is 30.7 Å². The van der Waals surface area contributed by atoms with Crippen LogP contribution in [0.4, 0.5) is 5.13 Å². The molecule has 0 fully saturated rings. The molecule has 0 radical (unpaired) electrons. The van der Waals surface area contributed by atoms with Gasteiger partial charge in [-0.2, -0.15) is 0 Å². The summed E-state index contributed by atoms with van der Waals surface area (Å²) in [4.78, 5) is 24.3. The average molecular weight is 361 g/mol. The van der Waals surface area contributed by atoms with Gasteiger partial charge in [0.05, 0.1) is 12.1 Å². The van der Waals surface area contributed by atoms with Crippen molar-refractivity contribution in [2.75, 3.05) is 5.32 Å². The van der Waals surface area contributed by atoms with Crippen molar-refractivity contribution >= 4 is 34.0 Å². The van der Waals surface area contributed by atoms with Gasteiger partial charge < -0.3 is 4.57 Å². The average Bonchev–Trinajstić information content (AvgIpc) is 2.96. The predicted octanol–water partition coefficient (Wildman–Crippen LogP) is 2.96. The molecule has 0 unspecified atom stereocenters. The summed E-state index contributed by atoms with van der Waals surface area (Å²) in [5, 5.41) is 12.2. The van der Waals surface area contributed by atoms with E-state index in [9.17, 15) is 9.59 Å². The van der Waals surface area contributed by atoms with E-state index in [2.05, 4.69) is 15.5 Å². The van der Waals surface area contributed by atoms with Crippen molar-refractivity contribution in [1.29, 1.82) is 0 Å². The maximum absolute atomic E-state index is 12.3. The first-order chi connectivity index (χ1) is 11.5. The number of aromatic nitrogens is 3. The molecule has 0 bridgehead atoms. The second-order valence-corrected chi connectivity index (χ2v) is 6.71. The van der Waals surface area contributed by atoms with Crippen molar-refractivity contribution < 1.29 is 4.79 Å². The first kappa shape index (κ1) is 16.4. The van der Waals surface area contributed by atoms with E-state index in [1.807, 2.05) is 12.1 Å². The lowest BCUT2D eigenvalue weighted by Gasteiger charge is -2.08. The molecule has 0 atom stereocenters. The van der Waals surface area contributed by atoms with Gasteiger partial charge in [0.2, 0.25) is 5.13 Å². The lowest BCUT2D eigenvalue weighted by atomic mass is 10.2. The molecule has 0 aliphatic carbocycles. The van der Waals surface area contributed by atoms with Crippen LogP contribution >= 0.6 is 22.9 Å². The van der Waals surface area contributed by atoms with Gasteiger partial charge in [-0.3, -0.25) is 14.9 Å². The lowest BCUT2D eigenvalue weighted by Crippen LogP contribution is -2.22. The first-order valence-electron chi connectivity index (χ1n) is 7.08. The van der Waals surface area contributed by atoms with Crippen LogP contribution in [0, 0.1) is 6.92 Å². The second kappa shape index (κ2) is 6.94. The molecule has 122 valence electrons. The van der Waals surface area contributed by atoms with E-state index in [0.29, 0.717) is 22.3 Å². The van der Waals surface area contributed by atoms with Crippen LogP contribution in [0.1, 0.15) is 20.9 Å². The lowest BCUT2D eigenvalue weighted by molar-refractivity contribution is 0.102. The van der Waals surface area contributed by atoms with Crippen molar-refractivity contribution in [3.63, 3.8) is 0 Å². The van der Waals surface area contributed by atoms with E-state index in [-0.39, 0.29) is 11.5 Å². The van der Waals surface area contributed by atoms with Gasteiger partial charge in [-0.1, -0.05) is 35.1 Å². The number of carbonyl (C=O) groups is 1. The number of pyridine rings is 1. The van der Waals surface area contributed by atoms with Crippen molar-refractivity contribution in [2.45, 2.75) is 13.5 Å². The topological polar surface area (TPSA) is 76.9 Å². The van der Waals surface area contributed by atoms with Crippen molar-refractivity contribution in [3.8, 4) is 0 Å². The number of anilines is 1. The Balaban J connectivity index is 1.81. The molecule has 0 saturated heterocycles. The van der Waals surface area contributed by atoms with E-state index < -0.39 is 0 Å². The largest absolute Gasteiger partial charge is 0.310 e. The number of amides is 1. The molecule has 0 aliphatic heterocycles. The quantitative estimate of drug-likeness (QED) is 0.776. The maximum atomic E-state index is 12.3. The Bertz CT molecular complexity index is 934. The molecule has 1 N–H and O–H groups in total. The van der Waals surface area contributed by atoms with Crippen LogP contribution < -0.4 is 10.9 Å². The van der Waals surface area contributed by atoms with Crippen molar-refractivity contribution in [3.05, 3.63) is 74.1 Å². The molecule has 3 rings (SSSR count). The number of rotatable bonds is 4. The van der Waals surface area contributed by atoms with Crippen LogP contribution in [-0.4, -0.2) is 20.7 Å². The van der Waals surface area contributed by atoms with E-state index >= 15 is 0 Å². The van der Waals surface area contributed by atoms with Gasteiger partial charge in [-0.25, -0.2) is 0 Å². The van der Waals surface area contributed by atoms with Crippen LogP contribution in [-0.2, 0) is 6.54 Å². The molecular formula is C16H13ClN4O2S. The first-order valence-corrected chi connectivity index (χ1v) is 8.27. The number of hydrogen-bond donors (Lipinski definition) is 1. The zero-order chi connectivity index (χ0) is 17.1. The Hall–Kier alpha value is -2.51. The van der Waals surface area contributed by atoms with Gasteiger partial charge in [0.1, 0.15) is 5.01 Å². The van der Waals surface area contributed by atoms with Gasteiger partial charge in [0.15, 0.2) is 0 Å². The molecule has 1 amide bonds. The van der Waals surface area contributed by atoms with Crippen LogP contribution in [0.15, 0.2) is 47.4 Å². The highest BCUT2D eigenvalue weighted by molar-refractivity contribution is 7.15. The molecule has 0 spiro atoms. The molecule has 1 aromatic carbocycles. The summed E-state index contributed by atoms with van der Waals surface area (Å²) in [6.45, 7) is 2.16. The van der Waals surface area contributed by atoms with Gasteiger partial charge in [0.25, 0.3) is 11.5 Å². The summed E-state index contributed by atoms with van der Waals surface area (Å²) >= 11 is 7.15. The summed E-state index contributed by atoms with van der Waals surface area (Å²) in [6, 6.07) is 10.1. The number of halogens is 1. The molecule has 24 heavy (non-hydrogen) atoms. The summed E-state index contributed by atoms with van der Waals surface area (Å²) in [5.74, 6) is -0.337. The van der Waals surface area contributed by atoms with E-state index in [1.165, 1.54) is 34.2 Å². The highest BCUT2D eigenvalue weighted by Crippen LogP contribution is 2.15. The summed E-state index contributed by atoms with van der Waals surface area (Å²) in [5.41, 5.74) is 1.10. The van der Waals surface area contributed by atoms with Crippen LogP contribution in [0.5, 0.6) is 0 Å². The zero-order valence-electron chi connectivity index (χ0n) is 12.7. The molecule has 6 nitrogen and oxygen atoms in total. The number of nitrogens with one attached hydrogen (secondary N) is 1. The molecule has 8 heteroatoms. The fourth-order valence-corrected chi connectivity index (χ4v) is 2.80. The molecule has 0 saturated carbocycles. The Morgan fingerprint density at radius 3 is 2.62 bits per heavy atom. The summed E-state index contributed by atoms with van der Waals surface area (Å²) < 4.78 is 1.48. The molecular weight excluding hydrogens is 348 g/mol. The Morgan fingerprint density at radius 2 is 1.96 bits per heavy atom. The number of aryl methyl sites for hydroxylation is 1. The SMILES string of the molecule is Cc1nnc(NC(=O)c2ccc(=O)n(Cc3ccc(Cl)cc3)c2)s1. The van der Waals surface area contributed by atoms with Gasteiger partial charge in [0, 0.05) is 17.3 Å². The monoisotopic (exact) mass is 360 g/mol.